The van der Waals surface area contributed by atoms with Crippen molar-refractivity contribution < 1.29 is 51.5 Å². The molecule has 4 amide bonds. The van der Waals surface area contributed by atoms with Crippen molar-refractivity contribution in [2.24, 2.45) is 23.7 Å². The van der Waals surface area contributed by atoms with E-state index >= 15 is 0 Å². The molecule has 3 aliphatic heterocycles. The fraction of sp³-hybridized carbons (Fsp3) is 0.500. The van der Waals surface area contributed by atoms with Crippen LogP contribution in [0, 0.1) is 41.1 Å². The molecule has 15 nitrogen and oxygen atoms in total. The van der Waals surface area contributed by atoms with Crippen molar-refractivity contribution >= 4 is 58.1 Å². The number of unbranched alkanes of at least 4 members (excludes halogenated alkanes) is 1. The lowest BCUT2D eigenvalue weighted by Gasteiger charge is -2.40. The first kappa shape index (κ1) is 93.7. The van der Waals surface area contributed by atoms with Gasteiger partial charge in [-0.15, -0.1) is 6.58 Å². The Morgan fingerprint density at radius 1 is 0.436 bits per heavy atom. The molecule has 4 N–H and O–H groups in total. The second kappa shape index (κ2) is 48.2. The topological polar surface area (TPSA) is 194 Å². The lowest BCUT2D eigenvalue weighted by molar-refractivity contribution is -0.118. The van der Waals surface area contributed by atoms with Crippen molar-refractivity contribution in [1.29, 1.82) is 0 Å². The Kier molecular flexibility index (Phi) is 41.0. The van der Waals surface area contributed by atoms with Crippen LogP contribution >= 0.6 is 0 Å². The predicted octanol–water partition coefficient (Wildman–Crippen LogP) is 20.5. The van der Waals surface area contributed by atoms with E-state index in [1.807, 2.05) is 60.7 Å². The minimum atomic E-state index is -0.369. The Morgan fingerprint density at radius 3 is 1.21 bits per heavy atom. The van der Waals surface area contributed by atoms with Crippen molar-refractivity contribution in [3.8, 4) is 0 Å². The zero-order valence-electron chi connectivity index (χ0n) is 63.3. The van der Waals surface area contributed by atoms with Gasteiger partial charge in [-0.1, -0.05) is 104 Å². The molecule has 6 aromatic carbocycles. The van der Waals surface area contributed by atoms with Crippen LogP contribution in [0.3, 0.4) is 0 Å². The van der Waals surface area contributed by atoms with Crippen molar-refractivity contribution in [2.75, 3.05) is 63.0 Å². The molecule has 4 fully saturated rings. The van der Waals surface area contributed by atoms with Crippen LogP contribution in [0.25, 0.3) is 0 Å². The van der Waals surface area contributed by atoms with Crippen molar-refractivity contribution in [2.45, 2.75) is 224 Å². The molecular weight excluding hydrogens is 1390 g/mol. The molecule has 600 valence electrons. The van der Waals surface area contributed by atoms with Gasteiger partial charge in [0.05, 0.1) is 0 Å². The Labute approximate surface area is 656 Å². The summed E-state index contributed by atoms with van der Waals surface area (Å²) in [6.07, 6.45) is 23.4. The number of benzene rings is 6. The van der Waals surface area contributed by atoms with E-state index in [-0.39, 0.29) is 93.9 Å². The molecule has 0 radical (unpaired) electrons. The molecule has 18 heteroatoms. The number of amides is 4. The van der Waals surface area contributed by atoms with Crippen LogP contribution in [-0.2, 0) is 30.5 Å². The second-order valence-corrected chi connectivity index (χ2v) is 30.0. The second-order valence-electron chi connectivity index (χ2n) is 30.0. The highest BCUT2D eigenvalue weighted by atomic mass is 19.1. The maximum atomic E-state index is 13.3. The highest BCUT2D eigenvalue weighted by Gasteiger charge is 2.34. The van der Waals surface area contributed by atoms with E-state index in [2.05, 4.69) is 49.5 Å². The van der Waals surface area contributed by atoms with E-state index in [0.29, 0.717) is 101 Å². The molecule has 1 aliphatic carbocycles. The minimum Gasteiger partial charge on any atom is -0.338 e. The van der Waals surface area contributed by atoms with Gasteiger partial charge in [0.25, 0.3) is 0 Å². The third-order valence-electron chi connectivity index (χ3n) is 21.2. The number of likely N-dealkylation sites (tertiary alicyclic amines) is 3. The van der Waals surface area contributed by atoms with Gasteiger partial charge in [-0.3, -0.25) is 33.7 Å². The molecule has 0 bridgehead atoms. The van der Waals surface area contributed by atoms with Crippen LogP contribution in [0.1, 0.15) is 254 Å². The number of halogens is 3. The van der Waals surface area contributed by atoms with Gasteiger partial charge in [-0.2, -0.15) is 0 Å². The van der Waals surface area contributed by atoms with Crippen LogP contribution in [-0.4, -0.2) is 132 Å². The molecular formula is C92H128F3N7O8. The first-order chi connectivity index (χ1) is 50.9. The van der Waals surface area contributed by atoms with Crippen LogP contribution < -0.4 is 21.3 Å². The van der Waals surface area contributed by atoms with Gasteiger partial charge in [-0.25, -0.2) is 22.8 Å². The molecule has 4 aliphatic rings. The minimum absolute atomic E-state index is 0. The SMILES string of the molecule is C.C.C.C.C=CCN1CC[C@@H](Cc2ccc(F)cc2)C[C@@H]1CCCNC(=O)Nc1cc(C(C)=O)cc(C(C)=O)c1.CC(=O)c1cccc(CC(=O)CCCC[C@H]2C[C@H](Cc3ccc(F)cc3)CCN2CC2CC2)c1.CCCN1CC[C@@H](Cc2ccc(F)cc2)C[C@@H]1CCCNC(=O)Nc1cc(C(C)=O)cc(C(C)=O)c1. The Hall–Kier alpha value is -8.71. The number of carbonyl (C=O) groups excluding carboxylic acids is 8. The van der Waals surface area contributed by atoms with E-state index in [1.165, 1.54) is 108 Å². The number of anilines is 2. The Balaban J connectivity index is 0.000000342. The van der Waals surface area contributed by atoms with E-state index < -0.39 is 0 Å². The fourth-order valence-corrected chi connectivity index (χ4v) is 15.3. The average molecular weight is 1520 g/mol. The quantitative estimate of drug-likeness (QED) is 0.0171. The van der Waals surface area contributed by atoms with Crippen LogP contribution in [0.5, 0.6) is 0 Å². The number of Topliss-reactive ketones (excluding diaryl/α,β-unsaturated/α-hetero) is 6. The molecule has 3 saturated heterocycles. The zero-order chi connectivity index (χ0) is 76.1. The van der Waals surface area contributed by atoms with E-state index in [9.17, 15) is 51.5 Å². The monoisotopic (exact) mass is 1520 g/mol. The van der Waals surface area contributed by atoms with E-state index in [4.69, 9.17) is 0 Å². The standard InChI is InChI=1S/C30H38FNO2.C29H38FN3O3.C29H36FN3O3.4CH4/c1-22(33)27-6-4-5-25(18-27)20-30(34)8-3-2-7-29-19-26(15-16-32(29)21-24-9-10-24)17-23-11-13-28(31)14-12-23;2*1-4-13-33-14-11-23(15-22-7-9-26(30)10-8-22)16-28(33)6-5-12-31-29(36)32-27-18-24(20(2)34)17-25(19-27)21(3)35;;;;/h4-6,11-14,18,24,26,29H,2-3,7-10,15-17,19-21H2,1H3;7-10,17-19,23,28H,4-6,11-16H2,1-3H3,(H2,31,32,36);4,7-10,17-19,23,28H,1,5-6,11-16H2,2-3H3,(H2,31,32,36);4*1H4/t26-,29-;2*23-,28-;;;;/m000..../s1. The summed E-state index contributed by atoms with van der Waals surface area (Å²) in [7, 11) is 0. The van der Waals surface area contributed by atoms with Crippen LogP contribution in [0.15, 0.2) is 146 Å². The Bertz CT molecular complexity index is 3840. The molecule has 0 spiro atoms. The zero-order valence-corrected chi connectivity index (χ0v) is 63.3. The molecule has 3 heterocycles. The lowest BCUT2D eigenvalue weighted by atomic mass is 9.84. The van der Waals surface area contributed by atoms with Gasteiger partial charge in [-0.05, 0) is 301 Å². The number of urea groups is 2. The van der Waals surface area contributed by atoms with Crippen LogP contribution in [0.4, 0.5) is 34.1 Å². The summed E-state index contributed by atoms with van der Waals surface area (Å²) in [5.41, 5.74) is 7.58. The molecule has 10 rings (SSSR count). The van der Waals surface area contributed by atoms with Crippen molar-refractivity contribution in [1.82, 2.24) is 25.3 Å². The number of piperidine rings is 3. The average Bonchev–Trinajstić information content (AvgIpc) is 1.88. The summed E-state index contributed by atoms with van der Waals surface area (Å²) in [5.74, 6) is 1.72. The predicted molar refractivity (Wildman–Crippen MR) is 444 cm³/mol. The van der Waals surface area contributed by atoms with Gasteiger partial charge >= 0.3 is 12.1 Å². The van der Waals surface area contributed by atoms with Gasteiger partial charge in [0.15, 0.2) is 28.9 Å². The summed E-state index contributed by atoms with van der Waals surface area (Å²) in [6, 6.07) is 38.2. The summed E-state index contributed by atoms with van der Waals surface area (Å²) in [6.45, 7) is 20.8. The summed E-state index contributed by atoms with van der Waals surface area (Å²) < 4.78 is 39.7. The van der Waals surface area contributed by atoms with Crippen LogP contribution in [0.2, 0.25) is 0 Å². The van der Waals surface area contributed by atoms with Gasteiger partial charge in [0, 0.05) is 96.3 Å². The first-order valence-corrected chi connectivity index (χ1v) is 38.6. The number of hydrogen-bond acceptors (Lipinski definition) is 11. The number of ketones is 6. The number of nitrogens with zero attached hydrogens (tertiary/aromatic N) is 3. The largest absolute Gasteiger partial charge is 0.338 e. The summed E-state index contributed by atoms with van der Waals surface area (Å²) in [5, 5.41) is 11.3. The van der Waals surface area contributed by atoms with Crippen molar-refractivity contribution in [3.05, 3.63) is 214 Å². The molecule has 6 atom stereocenters. The highest BCUT2D eigenvalue weighted by molar-refractivity contribution is 6.03. The number of nitrogens with one attached hydrogen (secondary N) is 4. The molecule has 110 heavy (non-hydrogen) atoms. The maximum absolute atomic E-state index is 13.3. The normalized spacial score (nSPS) is 18.2. The molecule has 0 unspecified atom stereocenters. The Morgan fingerprint density at radius 2 is 0.818 bits per heavy atom. The summed E-state index contributed by atoms with van der Waals surface area (Å²) in [4.78, 5) is 104. The van der Waals surface area contributed by atoms with Gasteiger partial charge in [0.2, 0.25) is 0 Å². The van der Waals surface area contributed by atoms with Gasteiger partial charge in [0.1, 0.15) is 23.2 Å². The van der Waals surface area contributed by atoms with Crippen molar-refractivity contribution in [3.63, 3.8) is 0 Å². The number of carbonyl (C=O) groups is 8. The fourth-order valence-electron chi connectivity index (χ4n) is 15.3. The van der Waals surface area contributed by atoms with Gasteiger partial charge < -0.3 is 31.1 Å². The lowest BCUT2D eigenvalue weighted by Crippen LogP contribution is -2.44. The molecule has 6 aromatic rings. The smallest absolute Gasteiger partial charge is 0.319 e. The highest BCUT2D eigenvalue weighted by Crippen LogP contribution is 2.36. The number of hydrogen-bond donors (Lipinski definition) is 4. The number of rotatable bonds is 34. The third-order valence-corrected chi connectivity index (χ3v) is 21.2. The van der Waals surface area contributed by atoms with E-state index in [1.54, 1.807) is 55.5 Å². The maximum Gasteiger partial charge on any atom is 0.319 e. The summed E-state index contributed by atoms with van der Waals surface area (Å²) >= 11 is 0. The van der Waals surface area contributed by atoms with E-state index in [0.717, 1.165) is 140 Å². The molecule has 1 saturated carbocycles. The first-order valence-electron chi connectivity index (χ1n) is 38.6. The third kappa shape index (κ3) is 32.3. The molecule has 0 aromatic heterocycles.